The fraction of sp³-hybridized carbons (Fsp3) is 0.950. The number of halogens is 3. The van der Waals surface area contributed by atoms with Gasteiger partial charge < -0.3 is 19.3 Å². The molecule has 416 valence electrons. The molecule has 0 saturated carbocycles. The fourth-order valence-corrected chi connectivity index (χ4v) is 9.98. The summed E-state index contributed by atoms with van der Waals surface area (Å²) in [6, 6.07) is 0.0217. The highest BCUT2D eigenvalue weighted by Crippen LogP contribution is 2.26. The Labute approximate surface area is 431 Å². The van der Waals surface area contributed by atoms with E-state index in [-0.39, 0.29) is 36.7 Å². The van der Waals surface area contributed by atoms with E-state index in [2.05, 4.69) is 32.6 Å². The second kappa shape index (κ2) is 49.4. The molecule has 0 aliphatic carbocycles. The average molecular weight is 1000 g/mol. The molecule has 0 heterocycles. The highest BCUT2D eigenvalue weighted by atomic mass is 19.4. The van der Waals surface area contributed by atoms with Crippen LogP contribution in [0.5, 0.6) is 0 Å². The van der Waals surface area contributed by atoms with Crippen molar-refractivity contribution < 1.29 is 37.0 Å². The van der Waals surface area contributed by atoms with Gasteiger partial charge in [0.05, 0.1) is 13.2 Å². The maximum atomic E-state index is 13.6. The number of carbonyl (C=O) groups is 3. The smallest absolute Gasteiger partial charge is 0.389 e. The Bertz CT molecular complexity index is 1160. The van der Waals surface area contributed by atoms with E-state index in [4.69, 9.17) is 9.47 Å². The average Bonchev–Trinajstić information content (AvgIpc) is 3.32. The third kappa shape index (κ3) is 46.0. The third-order valence-corrected chi connectivity index (χ3v) is 14.5. The van der Waals surface area contributed by atoms with Crippen molar-refractivity contribution in [2.45, 2.75) is 316 Å². The first kappa shape index (κ1) is 68.2. The number of nitrogens with zero attached hydrogens (tertiary/aromatic N) is 2. The molecule has 0 aromatic carbocycles. The molecule has 2 unspecified atom stereocenters. The second-order valence-electron chi connectivity index (χ2n) is 21.7. The van der Waals surface area contributed by atoms with Gasteiger partial charge in [0.2, 0.25) is 5.91 Å². The Morgan fingerprint density at radius 1 is 0.400 bits per heavy atom. The molecule has 1 amide bonds. The van der Waals surface area contributed by atoms with Crippen molar-refractivity contribution in [1.82, 2.24) is 9.80 Å². The van der Waals surface area contributed by atoms with Gasteiger partial charge in [0.15, 0.2) is 0 Å². The second-order valence-corrected chi connectivity index (χ2v) is 21.7. The molecule has 0 bridgehead atoms. The highest BCUT2D eigenvalue weighted by Gasteiger charge is 2.29. The summed E-state index contributed by atoms with van der Waals surface area (Å²) in [6.45, 7) is 11.5. The summed E-state index contributed by atoms with van der Waals surface area (Å²) in [6.07, 6.45) is 38.6. The minimum absolute atomic E-state index is 0.0217. The zero-order chi connectivity index (χ0) is 51.8. The predicted octanol–water partition coefficient (Wildman–Crippen LogP) is 18.5. The number of unbranched alkanes of at least 4 members (excludes halogenated alkanes) is 25. The Morgan fingerprint density at radius 3 is 1.09 bits per heavy atom. The molecule has 0 spiro atoms. The Balaban J connectivity index is 5.01. The lowest BCUT2D eigenvalue weighted by molar-refractivity contribution is -0.146. The van der Waals surface area contributed by atoms with Crippen LogP contribution < -0.4 is 0 Å². The van der Waals surface area contributed by atoms with Gasteiger partial charge in [-0.1, -0.05) is 214 Å². The van der Waals surface area contributed by atoms with Crippen LogP contribution in [-0.4, -0.2) is 80.3 Å². The van der Waals surface area contributed by atoms with Gasteiger partial charge in [0, 0.05) is 38.3 Å². The first-order chi connectivity index (χ1) is 33.9. The molecule has 0 fully saturated rings. The van der Waals surface area contributed by atoms with Crippen molar-refractivity contribution in [2.75, 3.05) is 40.4 Å². The molecular weight excluding hydrogens is 886 g/mol. The van der Waals surface area contributed by atoms with Crippen LogP contribution in [0.15, 0.2) is 0 Å². The molecular formula is C60H115F3N2O5. The van der Waals surface area contributed by atoms with Crippen molar-refractivity contribution in [3.8, 4) is 0 Å². The van der Waals surface area contributed by atoms with Crippen LogP contribution in [0.4, 0.5) is 13.2 Å². The number of alkyl halides is 3. The van der Waals surface area contributed by atoms with Gasteiger partial charge in [-0.25, -0.2) is 0 Å². The molecule has 10 heteroatoms. The highest BCUT2D eigenvalue weighted by molar-refractivity contribution is 5.76. The number of rotatable bonds is 53. The van der Waals surface area contributed by atoms with Crippen LogP contribution in [-0.2, 0) is 23.9 Å². The Morgan fingerprint density at radius 2 is 0.729 bits per heavy atom. The Kier molecular flexibility index (Phi) is 48.1. The zero-order valence-corrected chi connectivity index (χ0v) is 47.0. The summed E-state index contributed by atoms with van der Waals surface area (Å²) < 4.78 is 50.9. The molecule has 0 N–H and O–H groups in total. The van der Waals surface area contributed by atoms with Gasteiger partial charge in [0.25, 0.3) is 0 Å². The van der Waals surface area contributed by atoms with Gasteiger partial charge in [0.1, 0.15) is 0 Å². The SMILES string of the molecule is CCCCCCCCC(CCCCCCC)COC(=O)CCCCCCCCC(CCCCCCCCC(=O)OCC(CCCCCC)CCCCCC)N(CCCN(C)C)C(=O)CCCC(F)(F)F. The lowest BCUT2D eigenvalue weighted by Gasteiger charge is -2.33. The van der Waals surface area contributed by atoms with E-state index in [1.54, 1.807) is 0 Å². The maximum absolute atomic E-state index is 13.6. The molecule has 70 heavy (non-hydrogen) atoms. The number of carbonyl (C=O) groups excluding carboxylic acids is 3. The van der Waals surface area contributed by atoms with Crippen LogP contribution >= 0.6 is 0 Å². The zero-order valence-electron chi connectivity index (χ0n) is 47.0. The molecule has 7 nitrogen and oxygen atoms in total. The van der Waals surface area contributed by atoms with E-state index < -0.39 is 12.6 Å². The summed E-state index contributed by atoms with van der Waals surface area (Å²) >= 11 is 0. The van der Waals surface area contributed by atoms with Gasteiger partial charge in [-0.15, -0.1) is 0 Å². The summed E-state index contributed by atoms with van der Waals surface area (Å²) in [7, 11) is 4.01. The molecule has 0 saturated heterocycles. The van der Waals surface area contributed by atoms with Crippen molar-refractivity contribution in [3.05, 3.63) is 0 Å². The Hall–Kier alpha value is -1.84. The van der Waals surface area contributed by atoms with Crippen molar-refractivity contribution in [2.24, 2.45) is 11.8 Å². The minimum atomic E-state index is -4.26. The minimum Gasteiger partial charge on any atom is -0.465 e. The molecule has 0 aromatic heterocycles. The first-order valence-electron chi connectivity index (χ1n) is 30.2. The lowest BCUT2D eigenvalue weighted by Crippen LogP contribution is -2.42. The van der Waals surface area contributed by atoms with Gasteiger partial charge >= 0.3 is 18.1 Å². The molecule has 0 radical (unpaired) electrons. The van der Waals surface area contributed by atoms with Gasteiger partial charge in [-0.05, 0) is 96.7 Å². The van der Waals surface area contributed by atoms with Crippen LogP contribution in [0.2, 0.25) is 0 Å². The van der Waals surface area contributed by atoms with E-state index in [1.807, 2.05) is 19.0 Å². The fourth-order valence-electron chi connectivity index (χ4n) is 9.98. The number of hydrogen-bond donors (Lipinski definition) is 0. The van der Waals surface area contributed by atoms with Crippen molar-refractivity contribution >= 4 is 17.8 Å². The van der Waals surface area contributed by atoms with E-state index in [0.717, 1.165) is 129 Å². The quantitative estimate of drug-likeness (QED) is 0.0446. The van der Waals surface area contributed by atoms with Crippen LogP contribution in [0.1, 0.15) is 304 Å². The largest absolute Gasteiger partial charge is 0.465 e. The maximum Gasteiger partial charge on any atom is 0.389 e. The standard InChI is InChI=1S/C60H115F3N2O5/c1-7-11-15-19-25-33-43-55(42-32-24-16-12-8-2)53-70-59(68)48-37-29-23-21-27-35-45-56(65(51-39-50-64(5)6)57(66)46-38-49-60(61,62)63)44-34-26-20-22-28-36-47-58(67)69-52-54(40-30-17-13-9-3)41-31-18-14-10-4/h54-56H,7-53H2,1-6H3. The summed E-state index contributed by atoms with van der Waals surface area (Å²) in [5, 5.41) is 0. The lowest BCUT2D eigenvalue weighted by atomic mass is 9.95. The number of ether oxygens (including phenoxy) is 2. The van der Waals surface area contributed by atoms with E-state index in [0.29, 0.717) is 44.4 Å². The number of esters is 2. The van der Waals surface area contributed by atoms with E-state index >= 15 is 0 Å². The van der Waals surface area contributed by atoms with E-state index in [1.165, 1.54) is 122 Å². The summed E-state index contributed by atoms with van der Waals surface area (Å²) in [5.41, 5.74) is 0. The molecule has 0 aliphatic rings. The molecule has 0 aliphatic heterocycles. The van der Waals surface area contributed by atoms with Crippen LogP contribution in [0.3, 0.4) is 0 Å². The van der Waals surface area contributed by atoms with Crippen LogP contribution in [0.25, 0.3) is 0 Å². The van der Waals surface area contributed by atoms with Crippen LogP contribution in [0, 0.1) is 11.8 Å². The van der Waals surface area contributed by atoms with E-state index in [9.17, 15) is 27.6 Å². The van der Waals surface area contributed by atoms with Crippen molar-refractivity contribution in [3.63, 3.8) is 0 Å². The van der Waals surface area contributed by atoms with Gasteiger partial charge in [-0.2, -0.15) is 13.2 Å². The molecule has 2 atom stereocenters. The van der Waals surface area contributed by atoms with Gasteiger partial charge in [-0.3, -0.25) is 14.4 Å². The molecule has 0 aromatic rings. The summed E-state index contributed by atoms with van der Waals surface area (Å²) in [4.78, 5) is 43.1. The monoisotopic (exact) mass is 1000 g/mol. The predicted molar refractivity (Wildman–Crippen MR) is 290 cm³/mol. The number of amides is 1. The first-order valence-corrected chi connectivity index (χ1v) is 30.2. The topological polar surface area (TPSA) is 76.2 Å². The summed E-state index contributed by atoms with van der Waals surface area (Å²) in [5.74, 6) is 0.686. The number of hydrogen-bond acceptors (Lipinski definition) is 6. The third-order valence-electron chi connectivity index (χ3n) is 14.5. The van der Waals surface area contributed by atoms with Crippen molar-refractivity contribution in [1.29, 1.82) is 0 Å². The normalized spacial score (nSPS) is 12.8. The molecule has 0 rings (SSSR count).